The number of amides is 1. The molecule has 2 aliphatic carbocycles. The van der Waals surface area contributed by atoms with Crippen molar-refractivity contribution in [3.8, 4) is 0 Å². The molecule has 2 fully saturated rings. The molecule has 20 heavy (non-hydrogen) atoms. The van der Waals surface area contributed by atoms with E-state index >= 15 is 0 Å². The van der Waals surface area contributed by atoms with Gasteiger partial charge in [0.25, 0.3) is 0 Å². The third kappa shape index (κ3) is 3.31. The SMILES string of the molecule is O=C(O)N[C@H]1CC[C@@H](N[C@@H]2C[C@H]2c2ccccc2)CC1. The summed E-state index contributed by atoms with van der Waals surface area (Å²) < 4.78 is 0. The molecule has 0 spiro atoms. The Morgan fingerprint density at radius 2 is 1.70 bits per heavy atom. The standard InChI is InChI=1S/C16H22N2O2/c19-16(20)18-13-8-6-12(7-9-13)17-15-10-14(15)11-4-2-1-3-5-11/h1-5,12-15,17-18H,6-10H2,(H,19,20)/t12-,13+,14-,15+/m0/s1. The maximum Gasteiger partial charge on any atom is 0.404 e. The molecule has 3 N–H and O–H groups in total. The van der Waals surface area contributed by atoms with Crippen molar-refractivity contribution in [3.63, 3.8) is 0 Å². The van der Waals surface area contributed by atoms with E-state index in [0.29, 0.717) is 18.0 Å². The Labute approximate surface area is 119 Å². The van der Waals surface area contributed by atoms with Gasteiger partial charge in [0.2, 0.25) is 0 Å². The van der Waals surface area contributed by atoms with Crippen LogP contribution in [0.15, 0.2) is 30.3 Å². The van der Waals surface area contributed by atoms with Crippen LogP contribution in [0.5, 0.6) is 0 Å². The Hall–Kier alpha value is -1.55. The number of hydrogen-bond donors (Lipinski definition) is 3. The van der Waals surface area contributed by atoms with E-state index in [1.807, 2.05) is 0 Å². The van der Waals surface area contributed by atoms with E-state index in [-0.39, 0.29) is 6.04 Å². The molecule has 0 heterocycles. The van der Waals surface area contributed by atoms with Gasteiger partial charge < -0.3 is 15.7 Å². The van der Waals surface area contributed by atoms with E-state index in [0.717, 1.165) is 25.7 Å². The van der Waals surface area contributed by atoms with Crippen LogP contribution in [0.25, 0.3) is 0 Å². The lowest BCUT2D eigenvalue weighted by Crippen LogP contribution is -2.42. The summed E-state index contributed by atoms with van der Waals surface area (Å²) in [5.41, 5.74) is 1.44. The zero-order chi connectivity index (χ0) is 13.9. The minimum atomic E-state index is -0.896. The Kier molecular flexibility index (Phi) is 3.92. The fraction of sp³-hybridized carbons (Fsp3) is 0.562. The zero-order valence-corrected chi connectivity index (χ0v) is 11.6. The summed E-state index contributed by atoms with van der Waals surface area (Å²) in [7, 11) is 0. The van der Waals surface area contributed by atoms with Gasteiger partial charge in [-0.15, -0.1) is 0 Å². The molecule has 108 valence electrons. The number of carbonyl (C=O) groups is 1. The molecule has 0 aromatic heterocycles. The number of carboxylic acid groups (broad SMARTS) is 1. The molecule has 2 atom stereocenters. The Bertz CT molecular complexity index is 455. The van der Waals surface area contributed by atoms with Crippen LogP contribution in [-0.2, 0) is 0 Å². The molecule has 2 aliphatic rings. The first-order valence-electron chi connectivity index (χ1n) is 7.53. The second kappa shape index (κ2) is 5.83. The lowest BCUT2D eigenvalue weighted by atomic mass is 9.91. The number of hydrogen-bond acceptors (Lipinski definition) is 2. The van der Waals surface area contributed by atoms with Crippen LogP contribution in [0, 0.1) is 0 Å². The molecule has 0 radical (unpaired) electrons. The molecule has 4 heteroatoms. The average molecular weight is 274 g/mol. The minimum absolute atomic E-state index is 0.148. The van der Waals surface area contributed by atoms with Crippen molar-refractivity contribution < 1.29 is 9.90 Å². The van der Waals surface area contributed by atoms with Gasteiger partial charge in [-0.05, 0) is 37.7 Å². The van der Waals surface area contributed by atoms with Crippen LogP contribution < -0.4 is 10.6 Å². The molecule has 2 saturated carbocycles. The molecule has 0 aliphatic heterocycles. The molecular weight excluding hydrogens is 252 g/mol. The summed E-state index contributed by atoms with van der Waals surface area (Å²) in [4.78, 5) is 10.6. The van der Waals surface area contributed by atoms with Crippen molar-refractivity contribution in [1.82, 2.24) is 10.6 Å². The molecule has 0 unspecified atom stereocenters. The van der Waals surface area contributed by atoms with Gasteiger partial charge >= 0.3 is 6.09 Å². The Balaban J connectivity index is 1.42. The van der Waals surface area contributed by atoms with E-state index in [1.165, 1.54) is 12.0 Å². The first kappa shape index (κ1) is 13.4. The third-order valence-electron chi connectivity index (χ3n) is 4.52. The average Bonchev–Trinajstić information content (AvgIpc) is 3.21. The smallest absolute Gasteiger partial charge is 0.404 e. The molecule has 0 bridgehead atoms. The van der Waals surface area contributed by atoms with Crippen molar-refractivity contribution in [3.05, 3.63) is 35.9 Å². The van der Waals surface area contributed by atoms with Crippen molar-refractivity contribution in [1.29, 1.82) is 0 Å². The van der Waals surface area contributed by atoms with Crippen LogP contribution in [0.1, 0.15) is 43.6 Å². The van der Waals surface area contributed by atoms with Crippen LogP contribution >= 0.6 is 0 Å². The fourth-order valence-corrected chi connectivity index (χ4v) is 3.33. The van der Waals surface area contributed by atoms with Gasteiger partial charge in [0.05, 0.1) is 0 Å². The molecule has 1 amide bonds. The van der Waals surface area contributed by atoms with Crippen molar-refractivity contribution in [2.75, 3.05) is 0 Å². The van der Waals surface area contributed by atoms with Gasteiger partial charge in [-0.2, -0.15) is 0 Å². The number of nitrogens with one attached hydrogen (secondary N) is 2. The van der Waals surface area contributed by atoms with Crippen LogP contribution in [0.2, 0.25) is 0 Å². The van der Waals surface area contributed by atoms with Gasteiger partial charge in [-0.1, -0.05) is 30.3 Å². The lowest BCUT2D eigenvalue weighted by molar-refractivity contribution is 0.183. The predicted molar refractivity (Wildman–Crippen MR) is 77.9 cm³/mol. The summed E-state index contributed by atoms with van der Waals surface area (Å²) in [6, 6.07) is 12.0. The topological polar surface area (TPSA) is 61.4 Å². The summed E-state index contributed by atoms with van der Waals surface area (Å²) in [5, 5.41) is 15.1. The number of benzene rings is 1. The second-order valence-electron chi connectivity index (χ2n) is 6.02. The van der Waals surface area contributed by atoms with Gasteiger partial charge in [0, 0.05) is 24.0 Å². The first-order valence-corrected chi connectivity index (χ1v) is 7.53. The fourth-order valence-electron chi connectivity index (χ4n) is 3.33. The predicted octanol–water partition coefficient (Wildman–Crippen LogP) is 2.71. The van der Waals surface area contributed by atoms with Gasteiger partial charge in [0.15, 0.2) is 0 Å². The van der Waals surface area contributed by atoms with Crippen LogP contribution in [-0.4, -0.2) is 29.3 Å². The van der Waals surface area contributed by atoms with Crippen molar-refractivity contribution >= 4 is 6.09 Å². The third-order valence-corrected chi connectivity index (χ3v) is 4.52. The highest BCUT2D eigenvalue weighted by Gasteiger charge is 2.39. The summed E-state index contributed by atoms with van der Waals surface area (Å²) in [6.45, 7) is 0. The molecule has 3 rings (SSSR count). The monoisotopic (exact) mass is 274 g/mol. The highest BCUT2D eigenvalue weighted by Crippen LogP contribution is 2.41. The summed E-state index contributed by atoms with van der Waals surface area (Å²) in [6.07, 6.45) is 4.38. The van der Waals surface area contributed by atoms with Crippen molar-refractivity contribution in [2.45, 2.75) is 56.1 Å². The molecule has 1 aromatic rings. The quantitative estimate of drug-likeness (QED) is 0.791. The highest BCUT2D eigenvalue weighted by molar-refractivity contribution is 5.64. The van der Waals surface area contributed by atoms with E-state index < -0.39 is 6.09 Å². The molecule has 1 aromatic carbocycles. The highest BCUT2D eigenvalue weighted by atomic mass is 16.4. The normalized spacial score (nSPS) is 32.6. The van der Waals surface area contributed by atoms with E-state index in [1.54, 1.807) is 0 Å². The Morgan fingerprint density at radius 3 is 2.35 bits per heavy atom. The maximum atomic E-state index is 10.6. The maximum absolute atomic E-state index is 10.6. The second-order valence-corrected chi connectivity index (χ2v) is 6.02. The van der Waals surface area contributed by atoms with Crippen molar-refractivity contribution in [2.24, 2.45) is 0 Å². The Morgan fingerprint density at radius 1 is 1.05 bits per heavy atom. The van der Waals surface area contributed by atoms with Gasteiger partial charge in [0.1, 0.15) is 0 Å². The van der Waals surface area contributed by atoms with Gasteiger partial charge in [-0.3, -0.25) is 0 Å². The molecule has 4 nitrogen and oxygen atoms in total. The van der Waals surface area contributed by atoms with E-state index in [4.69, 9.17) is 5.11 Å². The number of rotatable bonds is 4. The molecule has 0 saturated heterocycles. The van der Waals surface area contributed by atoms with Crippen LogP contribution in [0.3, 0.4) is 0 Å². The summed E-state index contributed by atoms with van der Waals surface area (Å²) in [5.74, 6) is 0.672. The van der Waals surface area contributed by atoms with Gasteiger partial charge in [-0.25, -0.2) is 4.79 Å². The van der Waals surface area contributed by atoms with Crippen LogP contribution in [0.4, 0.5) is 4.79 Å². The lowest BCUT2D eigenvalue weighted by Gasteiger charge is -2.29. The minimum Gasteiger partial charge on any atom is -0.465 e. The zero-order valence-electron chi connectivity index (χ0n) is 11.6. The van der Waals surface area contributed by atoms with E-state index in [9.17, 15) is 4.79 Å². The summed E-state index contributed by atoms with van der Waals surface area (Å²) >= 11 is 0. The largest absolute Gasteiger partial charge is 0.465 e. The molecular formula is C16H22N2O2. The van der Waals surface area contributed by atoms with E-state index in [2.05, 4.69) is 41.0 Å². The first-order chi connectivity index (χ1) is 9.72.